The first-order valence-electron chi connectivity index (χ1n) is 6.85. The van der Waals surface area contributed by atoms with Gasteiger partial charge in [0.15, 0.2) is 0 Å². The number of nitrogens with two attached hydrogens (primary N) is 1. The molecule has 1 aromatic heterocycles. The van der Waals surface area contributed by atoms with Crippen molar-refractivity contribution in [2.24, 2.45) is 5.73 Å². The van der Waals surface area contributed by atoms with Crippen LogP contribution in [0.15, 0.2) is 41.8 Å². The van der Waals surface area contributed by atoms with E-state index in [1.165, 1.54) is 4.88 Å². The molecule has 0 aliphatic heterocycles. The molecule has 0 aliphatic carbocycles. The number of hydrogen-bond acceptors (Lipinski definition) is 4. The normalized spacial score (nSPS) is 13.8. The first-order valence-corrected chi connectivity index (χ1v) is 7.72. The van der Waals surface area contributed by atoms with E-state index in [2.05, 4.69) is 29.3 Å². The summed E-state index contributed by atoms with van der Waals surface area (Å²) in [6.07, 6.45) is 0.799. The summed E-state index contributed by atoms with van der Waals surface area (Å²) in [6, 6.07) is 12.2. The lowest BCUT2D eigenvalue weighted by molar-refractivity contribution is 0.174. The highest BCUT2D eigenvalue weighted by Crippen LogP contribution is 2.30. The Morgan fingerprint density at radius 3 is 2.65 bits per heavy atom. The molecule has 3 nitrogen and oxygen atoms in total. The summed E-state index contributed by atoms with van der Waals surface area (Å²) in [7, 11) is 4.04. The van der Waals surface area contributed by atoms with Crippen LogP contribution >= 0.6 is 11.3 Å². The van der Waals surface area contributed by atoms with Gasteiger partial charge in [0, 0.05) is 36.8 Å². The average molecular weight is 290 g/mol. The minimum Gasteiger partial charge on any atom is -0.483 e. The molecule has 0 amide bonds. The Labute approximate surface area is 125 Å². The summed E-state index contributed by atoms with van der Waals surface area (Å²) >= 11 is 1.69. The maximum Gasteiger partial charge on any atom is 0.148 e. The largest absolute Gasteiger partial charge is 0.483 e. The second kappa shape index (κ2) is 6.77. The second-order valence-corrected chi connectivity index (χ2v) is 6.00. The fraction of sp³-hybridized carbons (Fsp3) is 0.375. The van der Waals surface area contributed by atoms with E-state index in [1.54, 1.807) is 11.3 Å². The summed E-state index contributed by atoms with van der Waals surface area (Å²) < 4.78 is 6.16. The molecule has 0 saturated carbocycles. The third-order valence-corrected chi connectivity index (χ3v) is 4.21. The minimum absolute atomic E-state index is 0.00309. The quantitative estimate of drug-likeness (QED) is 0.882. The van der Waals surface area contributed by atoms with Crippen LogP contribution in [-0.4, -0.2) is 20.1 Å². The molecule has 4 heteroatoms. The van der Waals surface area contributed by atoms with Crippen molar-refractivity contribution < 1.29 is 4.74 Å². The fourth-order valence-electron chi connectivity index (χ4n) is 2.01. The van der Waals surface area contributed by atoms with E-state index in [-0.39, 0.29) is 12.1 Å². The average Bonchev–Trinajstić information content (AvgIpc) is 2.98. The zero-order valence-electron chi connectivity index (χ0n) is 12.2. The van der Waals surface area contributed by atoms with Gasteiger partial charge in [-0.2, -0.15) is 0 Å². The standard InChI is InChI=1S/C16H22N2OS/c1-4-14(17)16(15-9-6-10-20-15)19-13-8-5-7-12(11-13)18(2)3/h5-11,14,16H,4,17H2,1-3H3. The molecule has 0 saturated heterocycles. The van der Waals surface area contributed by atoms with Gasteiger partial charge in [0.2, 0.25) is 0 Å². The molecule has 0 aliphatic rings. The molecule has 1 aromatic carbocycles. The lowest BCUT2D eigenvalue weighted by atomic mass is 10.1. The molecule has 0 spiro atoms. The second-order valence-electron chi connectivity index (χ2n) is 5.02. The smallest absolute Gasteiger partial charge is 0.148 e. The van der Waals surface area contributed by atoms with E-state index in [0.29, 0.717) is 0 Å². The first kappa shape index (κ1) is 14.9. The van der Waals surface area contributed by atoms with Gasteiger partial charge in [0.25, 0.3) is 0 Å². The number of rotatable bonds is 6. The number of benzene rings is 1. The van der Waals surface area contributed by atoms with E-state index >= 15 is 0 Å². The van der Waals surface area contributed by atoms with Gasteiger partial charge in [-0.15, -0.1) is 11.3 Å². The van der Waals surface area contributed by atoms with E-state index < -0.39 is 0 Å². The number of hydrogen-bond donors (Lipinski definition) is 1. The van der Waals surface area contributed by atoms with Crippen LogP contribution in [0.2, 0.25) is 0 Å². The van der Waals surface area contributed by atoms with E-state index in [1.807, 2.05) is 38.4 Å². The molecule has 0 radical (unpaired) electrons. The van der Waals surface area contributed by atoms with Crippen LogP contribution in [0.1, 0.15) is 24.3 Å². The van der Waals surface area contributed by atoms with Crippen molar-refractivity contribution in [1.82, 2.24) is 0 Å². The Bertz CT molecular complexity index is 525. The van der Waals surface area contributed by atoms with Crippen molar-refractivity contribution >= 4 is 17.0 Å². The lowest BCUT2D eigenvalue weighted by Gasteiger charge is -2.24. The Balaban J connectivity index is 2.22. The Morgan fingerprint density at radius 1 is 1.25 bits per heavy atom. The van der Waals surface area contributed by atoms with Crippen molar-refractivity contribution in [3.63, 3.8) is 0 Å². The van der Waals surface area contributed by atoms with Crippen LogP contribution < -0.4 is 15.4 Å². The number of nitrogens with zero attached hydrogens (tertiary/aromatic N) is 1. The molecule has 2 unspecified atom stereocenters. The molecule has 0 bridgehead atoms. The number of ether oxygens (including phenoxy) is 1. The van der Waals surface area contributed by atoms with Gasteiger partial charge < -0.3 is 15.4 Å². The van der Waals surface area contributed by atoms with Gasteiger partial charge in [-0.25, -0.2) is 0 Å². The molecule has 2 N–H and O–H groups in total. The van der Waals surface area contributed by atoms with Crippen LogP contribution in [0.3, 0.4) is 0 Å². The number of thiophene rings is 1. The Morgan fingerprint density at radius 2 is 2.05 bits per heavy atom. The summed E-state index contributed by atoms with van der Waals surface area (Å²) in [5, 5.41) is 2.06. The zero-order chi connectivity index (χ0) is 14.5. The van der Waals surface area contributed by atoms with Crippen molar-refractivity contribution in [3.8, 4) is 5.75 Å². The molecule has 2 aromatic rings. The van der Waals surface area contributed by atoms with Crippen LogP contribution in [0.4, 0.5) is 5.69 Å². The molecule has 20 heavy (non-hydrogen) atoms. The Hall–Kier alpha value is -1.52. The predicted octanol–water partition coefficient (Wildman–Crippen LogP) is 3.67. The predicted molar refractivity (Wildman–Crippen MR) is 86.7 cm³/mol. The van der Waals surface area contributed by atoms with Crippen LogP contribution in [0.5, 0.6) is 5.75 Å². The van der Waals surface area contributed by atoms with Gasteiger partial charge in [-0.1, -0.05) is 19.1 Å². The van der Waals surface area contributed by atoms with Crippen molar-refractivity contribution in [2.75, 3.05) is 19.0 Å². The van der Waals surface area contributed by atoms with E-state index in [4.69, 9.17) is 10.5 Å². The van der Waals surface area contributed by atoms with Crippen molar-refractivity contribution in [1.29, 1.82) is 0 Å². The van der Waals surface area contributed by atoms with Crippen LogP contribution in [-0.2, 0) is 0 Å². The summed E-state index contributed by atoms with van der Waals surface area (Å²) in [5.74, 6) is 0.860. The molecular formula is C16H22N2OS. The highest BCUT2D eigenvalue weighted by Gasteiger charge is 2.21. The SMILES string of the molecule is CCC(N)C(Oc1cccc(N(C)C)c1)c1cccs1. The van der Waals surface area contributed by atoms with Crippen molar-refractivity contribution in [3.05, 3.63) is 46.7 Å². The zero-order valence-corrected chi connectivity index (χ0v) is 13.1. The molecular weight excluding hydrogens is 268 g/mol. The topological polar surface area (TPSA) is 38.5 Å². The number of anilines is 1. The van der Waals surface area contributed by atoms with Gasteiger partial charge in [0.05, 0.1) is 0 Å². The minimum atomic E-state index is -0.0857. The van der Waals surface area contributed by atoms with Crippen LogP contribution in [0, 0.1) is 0 Å². The molecule has 1 heterocycles. The van der Waals surface area contributed by atoms with Gasteiger partial charge in [-0.3, -0.25) is 0 Å². The van der Waals surface area contributed by atoms with E-state index in [9.17, 15) is 0 Å². The monoisotopic (exact) mass is 290 g/mol. The van der Waals surface area contributed by atoms with Gasteiger partial charge in [0.1, 0.15) is 11.9 Å². The molecule has 2 rings (SSSR count). The summed E-state index contributed by atoms with van der Waals surface area (Å²) in [6.45, 7) is 2.09. The summed E-state index contributed by atoms with van der Waals surface area (Å²) in [5.41, 5.74) is 7.35. The van der Waals surface area contributed by atoms with Crippen molar-refractivity contribution in [2.45, 2.75) is 25.5 Å². The fourth-order valence-corrected chi connectivity index (χ4v) is 2.83. The van der Waals surface area contributed by atoms with Gasteiger partial charge in [-0.05, 0) is 30.0 Å². The highest BCUT2D eigenvalue weighted by atomic mass is 32.1. The molecule has 0 fully saturated rings. The first-order chi connectivity index (χ1) is 9.61. The van der Waals surface area contributed by atoms with Crippen LogP contribution in [0.25, 0.3) is 0 Å². The Kier molecular flexibility index (Phi) is 5.04. The molecule has 2 atom stereocenters. The third kappa shape index (κ3) is 3.52. The van der Waals surface area contributed by atoms with E-state index in [0.717, 1.165) is 17.9 Å². The maximum absolute atomic E-state index is 6.23. The maximum atomic E-state index is 6.23. The molecule has 108 valence electrons. The lowest BCUT2D eigenvalue weighted by Crippen LogP contribution is -2.30. The highest BCUT2D eigenvalue weighted by molar-refractivity contribution is 7.10. The summed E-state index contributed by atoms with van der Waals surface area (Å²) in [4.78, 5) is 3.24. The third-order valence-electron chi connectivity index (χ3n) is 3.28. The van der Waals surface area contributed by atoms with Gasteiger partial charge >= 0.3 is 0 Å².